The quantitative estimate of drug-likeness (QED) is 0.903. The summed E-state index contributed by atoms with van der Waals surface area (Å²) in [7, 11) is 0. The summed E-state index contributed by atoms with van der Waals surface area (Å²) in [6, 6.07) is 9.60. The fourth-order valence-corrected chi connectivity index (χ4v) is 3.06. The number of rotatable bonds is 3. The van der Waals surface area contributed by atoms with E-state index in [4.69, 9.17) is 14.9 Å². The number of hydrogen-bond acceptors (Lipinski definition) is 4. The summed E-state index contributed by atoms with van der Waals surface area (Å²) in [5.74, 6) is 1.36. The third kappa shape index (κ3) is 2.16. The van der Waals surface area contributed by atoms with Crippen LogP contribution in [-0.2, 0) is 6.42 Å². The number of halogens is 1. The van der Waals surface area contributed by atoms with E-state index in [1.807, 2.05) is 24.3 Å². The van der Waals surface area contributed by atoms with Gasteiger partial charge in [0.05, 0.1) is 22.8 Å². The number of aliphatic hydroxyl groups is 1. The molecule has 106 valence electrons. The van der Waals surface area contributed by atoms with Crippen molar-refractivity contribution < 1.29 is 14.3 Å². The van der Waals surface area contributed by atoms with E-state index in [2.05, 4.69) is 15.9 Å². The first-order valence-electron chi connectivity index (χ1n) is 6.48. The van der Waals surface area contributed by atoms with Gasteiger partial charge in [-0.2, -0.15) is 0 Å². The van der Waals surface area contributed by atoms with Crippen molar-refractivity contribution in [3.63, 3.8) is 0 Å². The number of ether oxygens (including phenoxy) is 1. The number of benzene rings is 1. The largest absolute Gasteiger partial charge is 0.493 e. The topological polar surface area (TPSA) is 68.6 Å². The Bertz CT molecular complexity index is 613. The van der Waals surface area contributed by atoms with Gasteiger partial charge in [-0.15, -0.1) is 0 Å². The monoisotopic (exact) mass is 337 g/mol. The Morgan fingerprint density at radius 3 is 2.85 bits per heavy atom. The van der Waals surface area contributed by atoms with E-state index in [-0.39, 0.29) is 0 Å². The van der Waals surface area contributed by atoms with E-state index in [1.165, 1.54) is 0 Å². The SMILES string of the molecule is NCC1(C(O)c2occc2Br)COc2ccccc2C1. The lowest BCUT2D eigenvalue weighted by Gasteiger charge is -2.39. The Morgan fingerprint density at radius 1 is 1.35 bits per heavy atom. The van der Waals surface area contributed by atoms with Gasteiger partial charge in [0, 0.05) is 6.54 Å². The van der Waals surface area contributed by atoms with Crippen LogP contribution in [0.5, 0.6) is 5.75 Å². The molecule has 0 saturated carbocycles. The van der Waals surface area contributed by atoms with Gasteiger partial charge in [-0.25, -0.2) is 0 Å². The first kappa shape index (κ1) is 13.7. The van der Waals surface area contributed by atoms with Gasteiger partial charge in [0.15, 0.2) is 0 Å². The molecule has 4 nitrogen and oxygen atoms in total. The highest BCUT2D eigenvalue weighted by molar-refractivity contribution is 9.10. The molecule has 0 saturated heterocycles. The maximum atomic E-state index is 10.7. The number of furan rings is 1. The number of hydrogen-bond donors (Lipinski definition) is 2. The molecule has 0 aliphatic carbocycles. The summed E-state index contributed by atoms with van der Waals surface area (Å²) in [5.41, 5.74) is 6.44. The van der Waals surface area contributed by atoms with E-state index in [1.54, 1.807) is 12.3 Å². The average molecular weight is 338 g/mol. The lowest BCUT2D eigenvalue weighted by molar-refractivity contribution is -0.0284. The molecular weight excluding hydrogens is 322 g/mol. The molecule has 0 fully saturated rings. The van der Waals surface area contributed by atoms with Crippen molar-refractivity contribution in [1.29, 1.82) is 0 Å². The van der Waals surface area contributed by atoms with Gasteiger partial charge in [-0.1, -0.05) is 18.2 Å². The van der Waals surface area contributed by atoms with Crippen LogP contribution < -0.4 is 10.5 Å². The van der Waals surface area contributed by atoms with Gasteiger partial charge in [0.25, 0.3) is 0 Å². The molecule has 3 rings (SSSR count). The third-order valence-electron chi connectivity index (χ3n) is 3.91. The van der Waals surface area contributed by atoms with Gasteiger partial charge in [-0.3, -0.25) is 0 Å². The molecule has 2 atom stereocenters. The van der Waals surface area contributed by atoms with Crippen molar-refractivity contribution in [3.8, 4) is 5.75 Å². The van der Waals surface area contributed by atoms with Crippen LogP contribution >= 0.6 is 15.9 Å². The van der Waals surface area contributed by atoms with Crippen LogP contribution in [-0.4, -0.2) is 18.3 Å². The van der Waals surface area contributed by atoms with Gasteiger partial charge in [0.2, 0.25) is 0 Å². The van der Waals surface area contributed by atoms with E-state index in [9.17, 15) is 5.11 Å². The maximum absolute atomic E-state index is 10.7. The van der Waals surface area contributed by atoms with E-state index in [0.29, 0.717) is 25.3 Å². The summed E-state index contributed by atoms with van der Waals surface area (Å²) in [6.07, 6.45) is 1.39. The van der Waals surface area contributed by atoms with Crippen molar-refractivity contribution in [2.45, 2.75) is 12.5 Å². The Morgan fingerprint density at radius 2 is 2.15 bits per heavy atom. The van der Waals surface area contributed by atoms with Crippen molar-refractivity contribution >= 4 is 15.9 Å². The minimum atomic E-state index is -0.815. The molecular formula is C15H16BrNO3. The molecule has 0 bridgehead atoms. The molecule has 0 spiro atoms. The van der Waals surface area contributed by atoms with Gasteiger partial charge < -0.3 is 20.0 Å². The Kier molecular flexibility index (Phi) is 3.58. The van der Waals surface area contributed by atoms with Crippen LogP contribution in [0.1, 0.15) is 17.4 Å². The maximum Gasteiger partial charge on any atom is 0.147 e. The Balaban J connectivity index is 1.96. The highest BCUT2D eigenvalue weighted by atomic mass is 79.9. The highest BCUT2D eigenvalue weighted by Gasteiger charge is 2.44. The Hall–Kier alpha value is -1.30. The smallest absolute Gasteiger partial charge is 0.147 e. The van der Waals surface area contributed by atoms with Gasteiger partial charge >= 0.3 is 0 Å². The Labute approximate surface area is 125 Å². The van der Waals surface area contributed by atoms with Gasteiger partial charge in [0.1, 0.15) is 17.6 Å². The van der Waals surface area contributed by atoms with E-state index in [0.717, 1.165) is 15.8 Å². The zero-order valence-electron chi connectivity index (χ0n) is 10.9. The zero-order chi connectivity index (χ0) is 14.2. The number of aliphatic hydroxyl groups excluding tert-OH is 1. The number of para-hydroxylation sites is 1. The summed E-state index contributed by atoms with van der Waals surface area (Å²) < 4.78 is 11.9. The second-order valence-corrected chi connectivity index (χ2v) is 6.03. The minimum Gasteiger partial charge on any atom is -0.493 e. The third-order valence-corrected chi connectivity index (χ3v) is 4.57. The first-order chi connectivity index (χ1) is 9.66. The predicted octanol–water partition coefficient (Wildman–Crippen LogP) is 2.66. The molecule has 2 unspecified atom stereocenters. The second-order valence-electron chi connectivity index (χ2n) is 5.17. The van der Waals surface area contributed by atoms with E-state index >= 15 is 0 Å². The van der Waals surface area contributed by atoms with Crippen LogP contribution in [0.25, 0.3) is 0 Å². The van der Waals surface area contributed by atoms with Crippen LogP contribution in [0.2, 0.25) is 0 Å². The summed E-state index contributed by atoms with van der Waals surface area (Å²) in [6.45, 7) is 0.685. The van der Waals surface area contributed by atoms with Crippen molar-refractivity contribution in [2.75, 3.05) is 13.2 Å². The molecule has 1 aliphatic heterocycles. The normalized spacial score (nSPS) is 22.9. The standard InChI is InChI=1S/C15H16BrNO3/c16-11-5-6-19-13(11)14(18)15(8-17)7-10-3-1-2-4-12(10)20-9-15/h1-6,14,18H,7-9,17H2. The predicted molar refractivity (Wildman–Crippen MR) is 78.5 cm³/mol. The van der Waals surface area contributed by atoms with Crippen LogP contribution in [0.4, 0.5) is 0 Å². The molecule has 5 heteroatoms. The van der Waals surface area contributed by atoms with Crippen LogP contribution in [0.15, 0.2) is 45.5 Å². The average Bonchev–Trinajstić information content (AvgIpc) is 2.92. The molecule has 0 amide bonds. The van der Waals surface area contributed by atoms with Crippen LogP contribution in [0, 0.1) is 5.41 Å². The number of nitrogens with two attached hydrogens (primary N) is 1. The fourth-order valence-electron chi connectivity index (χ4n) is 2.64. The zero-order valence-corrected chi connectivity index (χ0v) is 12.5. The molecule has 1 aromatic carbocycles. The van der Waals surface area contributed by atoms with E-state index < -0.39 is 11.5 Å². The molecule has 20 heavy (non-hydrogen) atoms. The highest BCUT2D eigenvalue weighted by Crippen LogP contribution is 2.44. The fraction of sp³-hybridized carbons (Fsp3) is 0.333. The van der Waals surface area contributed by atoms with Crippen LogP contribution in [0.3, 0.4) is 0 Å². The first-order valence-corrected chi connectivity index (χ1v) is 7.27. The summed E-state index contributed by atoms with van der Waals surface area (Å²) in [5, 5.41) is 10.7. The van der Waals surface area contributed by atoms with Crippen molar-refractivity contribution in [2.24, 2.45) is 11.1 Å². The number of fused-ring (bicyclic) bond motifs is 1. The molecule has 1 aromatic heterocycles. The molecule has 1 aliphatic rings. The summed E-state index contributed by atoms with van der Waals surface area (Å²) >= 11 is 3.38. The molecule has 2 aromatic rings. The molecule has 3 N–H and O–H groups in total. The minimum absolute atomic E-state index is 0.315. The lowest BCUT2D eigenvalue weighted by Crippen LogP contribution is -2.46. The summed E-state index contributed by atoms with van der Waals surface area (Å²) in [4.78, 5) is 0. The molecule has 2 heterocycles. The lowest BCUT2D eigenvalue weighted by atomic mass is 9.75. The second kappa shape index (κ2) is 5.24. The molecule has 0 radical (unpaired) electrons. The van der Waals surface area contributed by atoms with Gasteiger partial charge in [-0.05, 0) is 40.0 Å². The van der Waals surface area contributed by atoms with Crippen molar-refractivity contribution in [1.82, 2.24) is 0 Å². The van der Waals surface area contributed by atoms with Crippen molar-refractivity contribution in [3.05, 3.63) is 52.4 Å².